The fourth-order valence-electron chi connectivity index (χ4n) is 3.23. The molecule has 0 unspecified atom stereocenters. The number of nitrogens with one attached hydrogen (secondary N) is 1. The van der Waals surface area contributed by atoms with Gasteiger partial charge >= 0.3 is 17.8 Å². The Hall–Kier alpha value is -2.90. The molecule has 1 aromatic rings. The molecule has 132 valence electrons. The van der Waals surface area contributed by atoms with Gasteiger partial charge in [-0.25, -0.2) is 9.69 Å². The van der Waals surface area contributed by atoms with Gasteiger partial charge in [0.2, 0.25) is 5.91 Å². The number of carbonyl (C=O) groups is 4. The van der Waals surface area contributed by atoms with Crippen molar-refractivity contribution in [2.75, 3.05) is 19.0 Å². The van der Waals surface area contributed by atoms with Gasteiger partial charge < -0.3 is 10.1 Å². The second-order valence-corrected chi connectivity index (χ2v) is 6.04. The summed E-state index contributed by atoms with van der Waals surface area (Å²) >= 11 is 0. The highest BCUT2D eigenvalue weighted by molar-refractivity contribution is 6.45. The zero-order valence-electron chi connectivity index (χ0n) is 13.9. The molecule has 3 rings (SSSR count). The third kappa shape index (κ3) is 3.19. The summed E-state index contributed by atoms with van der Waals surface area (Å²) in [6.45, 7) is -0.509. The standard InChI is InChI=1S/C17H19N3O5/c1-25-13-9-5-4-8-12(13)18-14(21)10-19-15(22)16(23)20(17(19)24)11-6-2-3-7-11/h4-5,8-9,11H,2-3,6-7,10H2,1H3,(H,18,21). The number of imide groups is 2. The van der Waals surface area contributed by atoms with Crippen LogP contribution in [0.5, 0.6) is 5.75 Å². The molecule has 2 aliphatic rings. The predicted octanol–water partition coefficient (Wildman–Crippen LogP) is 1.37. The van der Waals surface area contributed by atoms with Crippen molar-refractivity contribution in [1.82, 2.24) is 9.80 Å². The Balaban J connectivity index is 1.69. The zero-order chi connectivity index (χ0) is 18.0. The first-order valence-electron chi connectivity index (χ1n) is 8.15. The Labute approximate surface area is 144 Å². The van der Waals surface area contributed by atoms with Gasteiger partial charge in [-0.15, -0.1) is 0 Å². The average Bonchev–Trinajstić information content (AvgIpc) is 3.19. The van der Waals surface area contributed by atoms with E-state index in [-0.39, 0.29) is 6.04 Å². The van der Waals surface area contributed by atoms with Crippen molar-refractivity contribution in [3.63, 3.8) is 0 Å². The fourth-order valence-corrected chi connectivity index (χ4v) is 3.23. The van der Waals surface area contributed by atoms with Crippen LogP contribution in [0.4, 0.5) is 10.5 Å². The Morgan fingerprint density at radius 1 is 1.16 bits per heavy atom. The molecule has 1 aliphatic heterocycles. The number of hydrogen-bond acceptors (Lipinski definition) is 5. The van der Waals surface area contributed by atoms with Crippen LogP contribution in [-0.2, 0) is 14.4 Å². The molecule has 1 N–H and O–H groups in total. The van der Waals surface area contributed by atoms with Crippen LogP contribution in [0.25, 0.3) is 0 Å². The van der Waals surface area contributed by atoms with Crippen LogP contribution in [0.2, 0.25) is 0 Å². The van der Waals surface area contributed by atoms with E-state index < -0.39 is 30.3 Å². The van der Waals surface area contributed by atoms with Crippen molar-refractivity contribution in [1.29, 1.82) is 0 Å². The number of rotatable bonds is 5. The van der Waals surface area contributed by atoms with Crippen LogP contribution < -0.4 is 10.1 Å². The average molecular weight is 345 g/mol. The summed E-state index contributed by atoms with van der Waals surface area (Å²) in [6, 6.07) is 5.83. The summed E-state index contributed by atoms with van der Waals surface area (Å²) in [4.78, 5) is 50.6. The number of ether oxygens (including phenoxy) is 1. The molecule has 8 heteroatoms. The lowest BCUT2D eigenvalue weighted by atomic mass is 10.2. The second kappa shape index (κ2) is 6.92. The van der Waals surface area contributed by atoms with Gasteiger partial charge in [-0.1, -0.05) is 25.0 Å². The van der Waals surface area contributed by atoms with E-state index in [2.05, 4.69) is 5.32 Å². The number of hydrogen-bond donors (Lipinski definition) is 1. The minimum absolute atomic E-state index is 0.244. The molecule has 1 aromatic carbocycles. The zero-order valence-corrected chi connectivity index (χ0v) is 13.9. The van der Waals surface area contributed by atoms with Crippen molar-refractivity contribution in [2.24, 2.45) is 0 Å². The molecule has 8 nitrogen and oxygen atoms in total. The van der Waals surface area contributed by atoms with Crippen LogP contribution in [-0.4, -0.2) is 53.2 Å². The lowest BCUT2D eigenvalue weighted by Gasteiger charge is -2.21. The van der Waals surface area contributed by atoms with Crippen molar-refractivity contribution in [2.45, 2.75) is 31.7 Å². The monoisotopic (exact) mass is 345 g/mol. The summed E-state index contributed by atoms with van der Waals surface area (Å²) in [5.74, 6) is -1.92. The molecule has 1 saturated carbocycles. The van der Waals surface area contributed by atoms with Crippen molar-refractivity contribution < 1.29 is 23.9 Å². The summed E-state index contributed by atoms with van der Waals surface area (Å²) in [5, 5.41) is 2.59. The summed E-state index contributed by atoms with van der Waals surface area (Å²) in [5.41, 5.74) is 0.424. The van der Waals surface area contributed by atoms with E-state index in [1.54, 1.807) is 24.3 Å². The topological polar surface area (TPSA) is 96.0 Å². The highest BCUT2D eigenvalue weighted by Gasteiger charge is 2.48. The van der Waals surface area contributed by atoms with Crippen LogP contribution in [0.3, 0.4) is 0 Å². The van der Waals surface area contributed by atoms with Gasteiger partial charge in [-0.2, -0.15) is 0 Å². The largest absolute Gasteiger partial charge is 0.495 e. The van der Waals surface area contributed by atoms with Gasteiger partial charge in [0.15, 0.2) is 0 Å². The Kier molecular flexibility index (Phi) is 4.69. The van der Waals surface area contributed by atoms with Gasteiger partial charge in [-0.05, 0) is 25.0 Å². The van der Waals surface area contributed by atoms with Crippen molar-refractivity contribution >= 4 is 29.4 Å². The minimum Gasteiger partial charge on any atom is -0.495 e. The SMILES string of the molecule is COc1ccccc1NC(=O)CN1C(=O)C(=O)N(C2CCCC2)C1=O. The quantitative estimate of drug-likeness (QED) is 0.642. The number of benzene rings is 1. The first-order valence-corrected chi connectivity index (χ1v) is 8.15. The number of methoxy groups -OCH3 is 1. The van der Waals surface area contributed by atoms with Crippen LogP contribution in [0, 0.1) is 0 Å². The molecule has 1 aliphatic carbocycles. The van der Waals surface area contributed by atoms with Gasteiger partial charge in [-0.3, -0.25) is 19.3 Å². The van der Waals surface area contributed by atoms with Crippen LogP contribution >= 0.6 is 0 Å². The smallest absolute Gasteiger partial charge is 0.334 e. The van der Waals surface area contributed by atoms with Gasteiger partial charge in [0.1, 0.15) is 12.3 Å². The summed E-state index contributed by atoms with van der Waals surface area (Å²) < 4.78 is 5.14. The number of amides is 5. The minimum atomic E-state index is -0.952. The molecule has 5 amide bonds. The number of urea groups is 1. The maximum absolute atomic E-state index is 12.4. The van der Waals surface area contributed by atoms with E-state index in [1.807, 2.05) is 0 Å². The highest BCUT2D eigenvalue weighted by atomic mass is 16.5. The van der Waals surface area contributed by atoms with E-state index in [4.69, 9.17) is 4.74 Å². The molecule has 2 fully saturated rings. The molecule has 0 bridgehead atoms. The van der Waals surface area contributed by atoms with E-state index in [0.29, 0.717) is 29.2 Å². The van der Waals surface area contributed by atoms with Gasteiger partial charge in [0.05, 0.1) is 12.8 Å². The Morgan fingerprint density at radius 2 is 1.84 bits per heavy atom. The number of nitrogens with zero attached hydrogens (tertiary/aromatic N) is 2. The van der Waals surface area contributed by atoms with Crippen molar-refractivity contribution in [3.8, 4) is 5.75 Å². The molecule has 0 radical (unpaired) electrons. The molecule has 0 spiro atoms. The van der Waals surface area contributed by atoms with Crippen LogP contribution in [0.1, 0.15) is 25.7 Å². The molecular weight excluding hydrogens is 326 g/mol. The lowest BCUT2D eigenvalue weighted by Crippen LogP contribution is -2.41. The van der Waals surface area contributed by atoms with E-state index in [1.165, 1.54) is 7.11 Å². The maximum Gasteiger partial charge on any atom is 0.334 e. The molecule has 25 heavy (non-hydrogen) atoms. The van der Waals surface area contributed by atoms with E-state index in [9.17, 15) is 19.2 Å². The molecular formula is C17H19N3O5. The van der Waals surface area contributed by atoms with E-state index in [0.717, 1.165) is 17.7 Å². The normalized spacial score (nSPS) is 18.2. The van der Waals surface area contributed by atoms with E-state index >= 15 is 0 Å². The maximum atomic E-state index is 12.4. The molecule has 0 atom stereocenters. The first kappa shape index (κ1) is 16.9. The van der Waals surface area contributed by atoms with Crippen molar-refractivity contribution in [3.05, 3.63) is 24.3 Å². The fraction of sp³-hybridized carbons (Fsp3) is 0.412. The van der Waals surface area contributed by atoms with Gasteiger partial charge in [0.25, 0.3) is 0 Å². The Morgan fingerprint density at radius 3 is 2.52 bits per heavy atom. The lowest BCUT2D eigenvalue weighted by molar-refractivity contribution is -0.144. The van der Waals surface area contributed by atoms with Crippen LogP contribution in [0.15, 0.2) is 24.3 Å². The Bertz CT molecular complexity index is 727. The predicted molar refractivity (Wildman–Crippen MR) is 87.8 cm³/mol. The first-order chi connectivity index (χ1) is 12.0. The summed E-state index contributed by atoms with van der Waals surface area (Å²) in [6.07, 6.45) is 3.24. The third-order valence-electron chi connectivity index (χ3n) is 4.46. The highest BCUT2D eigenvalue weighted by Crippen LogP contribution is 2.28. The number of para-hydroxylation sites is 2. The number of anilines is 1. The summed E-state index contributed by atoms with van der Waals surface area (Å²) in [7, 11) is 1.47. The van der Waals surface area contributed by atoms with Gasteiger partial charge in [0, 0.05) is 6.04 Å². The third-order valence-corrected chi connectivity index (χ3v) is 4.46. The molecule has 1 saturated heterocycles. The second-order valence-electron chi connectivity index (χ2n) is 6.04. The molecule has 0 aromatic heterocycles. The number of carbonyl (C=O) groups excluding carboxylic acids is 4. The molecule has 1 heterocycles.